The number of aliphatic imine (C=N–C) groups is 1. The number of esters is 3. The molecule has 136 valence electrons. The third kappa shape index (κ3) is 6.25. The van der Waals surface area contributed by atoms with E-state index in [1.54, 1.807) is 13.8 Å². The average molecular weight is 351 g/mol. The maximum atomic E-state index is 11.8. The molecule has 0 aliphatic carbocycles. The number of rotatable bonds is 7. The Bertz CT molecular complexity index is 633. The van der Waals surface area contributed by atoms with Crippen molar-refractivity contribution in [3.05, 3.63) is 29.3 Å². The number of hydrogen-bond acceptors (Lipinski definition) is 8. The first kappa shape index (κ1) is 20.1. The van der Waals surface area contributed by atoms with Crippen LogP contribution in [0.1, 0.15) is 41.0 Å². The molecule has 0 saturated carbocycles. The number of methoxy groups -OCH3 is 2. The van der Waals surface area contributed by atoms with Crippen LogP contribution in [0.5, 0.6) is 0 Å². The Labute approximate surface area is 145 Å². The Morgan fingerprint density at radius 2 is 1.40 bits per heavy atom. The largest absolute Gasteiger partial charge is 0.481 e. The molecule has 0 heterocycles. The van der Waals surface area contributed by atoms with Gasteiger partial charge in [-0.1, -0.05) is 0 Å². The number of hydrogen-bond donors (Lipinski definition) is 0. The van der Waals surface area contributed by atoms with Crippen LogP contribution in [0, 0.1) is 0 Å². The molecular formula is C17H21NO7. The van der Waals surface area contributed by atoms with Gasteiger partial charge in [0.2, 0.25) is 0 Å². The minimum absolute atomic E-state index is 0.110. The highest BCUT2D eigenvalue weighted by atomic mass is 16.5. The standard InChI is InChI=1S/C17H21NO7/c1-5-24-14(10-15(19)25-6-2)18-13-8-11(16(20)22-3)7-12(9-13)17(21)23-4/h7-9H,5-6,10H2,1-4H3. The highest BCUT2D eigenvalue weighted by Crippen LogP contribution is 2.20. The van der Waals surface area contributed by atoms with Crippen LogP contribution in [0.15, 0.2) is 23.2 Å². The molecule has 0 radical (unpaired) electrons. The molecule has 1 aromatic carbocycles. The first-order valence-electron chi connectivity index (χ1n) is 7.62. The minimum Gasteiger partial charge on any atom is -0.481 e. The number of carbonyl (C=O) groups excluding carboxylic acids is 3. The fraction of sp³-hybridized carbons (Fsp3) is 0.412. The summed E-state index contributed by atoms with van der Waals surface area (Å²) in [5.41, 5.74) is 0.489. The zero-order valence-electron chi connectivity index (χ0n) is 14.7. The first-order valence-corrected chi connectivity index (χ1v) is 7.62. The summed E-state index contributed by atoms with van der Waals surface area (Å²) in [6.45, 7) is 3.96. The number of ether oxygens (including phenoxy) is 4. The lowest BCUT2D eigenvalue weighted by Gasteiger charge is -2.09. The predicted molar refractivity (Wildman–Crippen MR) is 89.1 cm³/mol. The summed E-state index contributed by atoms with van der Waals surface area (Å²) in [6, 6.07) is 4.17. The lowest BCUT2D eigenvalue weighted by Crippen LogP contribution is -2.14. The maximum absolute atomic E-state index is 11.8. The van der Waals surface area contributed by atoms with Gasteiger partial charge in [0, 0.05) is 0 Å². The predicted octanol–water partition coefficient (Wildman–Crippen LogP) is 2.28. The van der Waals surface area contributed by atoms with Crippen molar-refractivity contribution >= 4 is 29.5 Å². The highest BCUT2D eigenvalue weighted by molar-refractivity contribution is 5.98. The van der Waals surface area contributed by atoms with E-state index in [0.717, 1.165) is 0 Å². The van der Waals surface area contributed by atoms with Crippen molar-refractivity contribution in [3.63, 3.8) is 0 Å². The summed E-state index contributed by atoms with van der Waals surface area (Å²) in [6.07, 6.45) is -0.169. The molecule has 8 nitrogen and oxygen atoms in total. The van der Waals surface area contributed by atoms with Gasteiger partial charge in [0.25, 0.3) is 0 Å². The van der Waals surface area contributed by atoms with Crippen LogP contribution < -0.4 is 0 Å². The maximum Gasteiger partial charge on any atom is 0.337 e. The van der Waals surface area contributed by atoms with Gasteiger partial charge in [-0.05, 0) is 32.0 Å². The van der Waals surface area contributed by atoms with E-state index in [1.807, 2.05) is 0 Å². The normalized spacial score (nSPS) is 10.8. The third-order valence-electron chi connectivity index (χ3n) is 2.93. The van der Waals surface area contributed by atoms with Gasteiger partial charge >= 0.3 is 17.9 Å². The van der Waals surface area contributed by atoms with Crippen molar-refractivity contribution < 1.29 is 33.3 Å². The summed E-state index contributed by atoms with van der Waals surface area (Å²) < 4.78 is 19.5. The van der Waals surface area contributed by atoms with E-state index >= 15 is 0 Å². The Balaban J connectivity index is 3.27. The molecule has 8 heteroatoms. The van der Waals surface area contributed by atoms with E-state index in [4.69, 9.17) is 9.47 Å². The number of benzene rings is 1. The van der Waals surface area contributed by atoms with E-state index in [1.165, 1.54) is 32.4 Å². The van der Waals surface area contributed by atoms with E-state index in [9.17, 15) is 14.4 Å². The van der Waals surface area contributed by atoms with Gasteiger partial charge in [0.1, 0.15) is 6.42 Å². The van der Waals surface area contributed by atoms with Crippen LogP contribution >= 0.6 is 0 Å². The second-order valence-corrected chi connectivity index (χ2v) is 4.67. The highest BCUT2D eigenvalue weighted by Gasteiger charge is 2.15. The number of carbonyl (C=O) groups is 3. The molecule has 25 heavy (non-hydrogen) atoms. The molecule has 0 aliphatic rings. The van der Waals surface area contributed by atoms with Crippen molar-refractivity contribution in [2.45, 2.75) is 20.3 Å². The minimum atomic E-state index is -0.634. The molecule has 1 aromatic rings. The van der Waals surface area contributed by atoms with Gasteiger partial charge in [0.15, 0.2) is 5.90 Å². The lowest BCUT2D eigenvalue weighted by atomic mass is 10.1. The molecule has 0 bridgehead atoms. The SMILES string of the molecule is CCOC(=O)CC(=Nc1cc(C(=O)OC)cc(C(=O)OC)c1)OCC. The summed E-state index contributed by atoms with van der Waals surface area (Å²) in [7, 11) is 2.45. The Morgan fingerprint density at radius 1 is 0.880 bits per heavy atom. The molecule has 0 aromatic heterocycles. The molecule has 0 fully saturated rings. The molecule has 1 rings (SSSR count). The fourth-order valence-electron chi connectivity index (χ4n) is 1.92. The van der Waals surface area contributed by atoms with E-state index in [2.05, 4.69) is 14.5 Å². The summed E-state index contributed by atoms with van der Waals surface area (Å²) in [4.78, 5) is 39.4. The molecule has 0 aliphatic heterocycles. The lowest BCUT2D eigenvalue weighted by molar-refractivity contribution is -0.141. The summed E-state index contributed by atoms with van der Waals surface area (Å²) >= 11 is 0. The Hall–Kier alpha value is -2.90. The molecule has 0 N–H and O–H groups in total. The van der Waals surface area contributed by atoms with Crippen LogP contribution in [-0.2, 0) is 23.7 Å². The van der Waals surface area contributed by atoms with Crippen LogP contribution in [0.2, 0.25) is 0 Å². The van der Waals surface area contributed by atoms with Crippen molar-refractivity contribution in [3.8, 4) is 0 Å². The fourth-order valence-corrected chi connectivity index (χ4v) is 1.92. The smallest absolute Gasteiger partial charge is 0.337 e. The third-order valence-corrected chi connectivity index (χ3v) is 2.93. The van der Waals surface area contributed by atoms with Crippen molar-refractivity contribution in [1.82, 2.24) is 0 Å². The first-order chi connectivity index (χ1) is 11.9. The van der Waals surface area contributed by atoms with Crippen LogP contribution in [0.3, 0.4) is 0 Å². The van der Waals surface area contributed by atoms with E-state index < -0.39 is 17.9 Å². The molecule has 0 saturated heterocycles. The van der Waals surface area contributed by atoms with Crippen LogP contribution in [0.25, 0.3) is 0 Å². The van der Waals surface area contributed by atoms with E-state index in [0.29, 0.717) is 6.61 Å². The summed E-state index contributed by atoms with van der Waals surface area (Å²) in [5.74, 6) is -1.65. The molecular weight excluding hydrogens is 330 g/mol. The van der Waals surface area contributed by atoms with Gasteiger partial charge in [0.05, 0.1) is 44.2 Å². The molecule has 0 spiro atoms. The zero-order valence-corrected chi connectivity index (χ0v) is 14.7. The molecule has 0 atom stereocenters. The van der Waals surface area contributed by atoms with Crippen molar-refractivity contribution in [2.24, 2.45) is 4.99 Å². The summed E-state index contributed by atoms with van der Waals surface area (Å²) in [5, 5.41) is 0. The van der Waals surface area contributed by atoms with Crippen LogP contribution in [0.4, 0.5) is 5.69 Å². The monoisotopic (exact) mass is 351 g/mol. The topological polar surface area (TPSA) is 100 Å². The van der Waals surface area contributed by atoms with Gasteiger partial charge < -0.3 is 18.9 Å². The second-order valence-electron chi connectivity index (χ2n) is 4.67. The number of nitrogens with zero attached hydrogens (tertiary/aromatic N) is 1. The van der Waals surface area contributed by atoms with Gasteiger partial charge in [-0.2, -0.15) is 0 Å². The Kier molecular flexibility index (Phi) is 8.11. The van der Waals surface area contributed by atoms with Crippen molar-refractivity contribution in [2.75, 3.05) is 27.4 Å². The second kappa shape index (κ2) is 10.1. The average Bonchev–Trinajstić information content (AvgIpc) is 2.60. The molecule has 0 unspecified atom stereocenters. The van der Waals surface area contributed by atoms with Gasteiger partial charge in [-0.25, -0.2) is 14.6 Å². The Morgan fingerprint density at radius 3 is 1.84 bits per heavy atom. The van der Waals surface area contributed by atoms with Gasteiger partial charge in [-0.15, -0.1) is 0 Å². The van der Waals surface area contributed by atoms with E-state index in [-0.39, 0.29) is 35.7 Å². The van der Waals surface area contributed by atoms with Crippen molar-refractivity contribution in [1.29, 1.82) is 0 Å². The van der Waals surface area contributed by atoms with Gasteiger partial charge in [-0.3, -0.25) is 4.79 Å². The van der Waals surface area contributed by atoms with Crippen LogP contribution in [-0.4, -0.2) is 51.2 Å². The molecule has 0 amide bonds. The quantitative estimate of drug-likeness (QED) is 0.321. The zero-order chi connectivity index (χ0) is 18.8.